The van der Waals surface area contributed by atoms with Crippen LogP contribution in [-0.2, 0) is 6.42 Å². The van der Waals surface area contributed by atoms with Gasteiger partial charge in [0, 0.05) is 12.6 Å². The Hall–Kier alpha value is -2.40. The number of halogens is 1. The van der Waals surface area contributed by atoms with Crippen molar-refractivity contribution in [3.8, 4) is 0 Å². The van der Waals surface area contributed by atoms with Crippen molar-refractivity contribution in [3.63, 3.8) is 0 Å². The minimum absolute atomic E-state index is 0.0584. The van der Waals surface area contributed by atoms with Gasteiger partial charge in [0.1, 0.15) is 5.82 Å². The molecule has 5 heteroatoms. The smallest absolute Gasteiger partial charge is 0.318 e. The minimum atomic E-state index is -0.269. The largest absolute Gasteiger partial charge is 0.335 e. The quantitative estimate of drug-likeness (QED) is 0.890. The van der Waals surface area contributed by atoms with Crippen LogP contribution in [0.1, 0.15) is 35.6 Å². The Bertz CT molecular complexity index is 790. The zero-order valence-corrected chi connectivity index (χ0v) is 14.7. The number of carbonyl (C=O) groups excluding carboxylic acids is 1. The summed E-state index contributed by atoms with van der Waals surface area (Å²) in [6.45, 7) is 1.25. The zero-order valence-electron chi connectivity index (χ0n) is 14.7. The summed E-state index contributed by atoms with van der Waals surface area (Å²) < 4.78 is 13.4. The van der Waals surface area contributed by atoms with E-state index < -0.39 is 0 Å². The highest BCUT2D eigenvalue weighted by molar-refractivity contribution is 5.76. The van der Waals surface area contributed by atoms with Gasteiger partial charge in [0.2, 0.25) is 0 Å². The number of hydrogen-bond acceptors (Lipinski definition) is 2. The second-order valence-corrected chi connectivity index (χ2v) is 7.23. The van der Waals surface area contributed by atoms with Crippen molar-refractivity contribution in [1.82, 2.24) is 10.2 Å². The van der Waals surface area contributed by atoms with E-state index in [0.29, 0.717) is 19.0 Å². The van der Waals surface area contributed by atoms with E-state index in [1.807, 2.05) is 17.0 Å². The molecule has 1 aliphatic carbocycles. The summed E-state index contributed by atoms with van der Waals surface area (Å²) in [5.74, 6) is 0.106. The maximum absolute atomic E-state index is 13.4. The van der Waals surface area contributed by atoms with Gasteiger partial charge in [-0.1, -0.05) is 36.4 Å². The molecule has 3 atom stereocenters. The van der Waals surface area contributed by atoms with Crippen molar-refractivity contribution in [2.45, 2.75) is 31.3 Å². The minimum Gasteiger partial charge on any atom is -0.335 e. The van der Waals surface area contributed by atoms with Gasteiger partial charge in [-0.3, -0.25) is 0 Å². The average molecular weight is 353 g/mol. The molecule has 26 heavy (non-hydrogen) atoms. The summed E-state index contributed by atoms with van der Waals surface area (Å²) in [5.41, 5.74) is 9.06. The second-order valence-electron chi connectivity index (χ2n) is 7.23. The molecule has 0 bridgehead atoms. The highest BCUT2D eigenvalue weighted by Crippen LogP contribution is 2.36. The molecule has 1 saturated carbocycles. The van der Waals surface area contributed by atoms with E-state index in [-0.39, 0.29) is 23.9 Å². The third-order valence-corrected chi connectivity index (χ3v) is 5.76. The van der Waals surface area contributed by atoms with E-state index in [4.69, 9.17) is 5.73 Å². The van der Waals surface area contributed by atoms with Crippen LogP contribution < -0.4 is 11.1 Å². The first kappa shape index (κ1) is 17.0. The summed E-state index contributed by atoms with van der Waals surface area (Å²) in [5, 5.41) is 3.16. The van der Waals surface area contributed by atoms with Gasteiger partial charge in [-0.25, -0.2) is 9.18 Å². The molecular weight excluding hydrogens is 329 g/mol. The van der Waals surface area contributed by atoms with Crippen LogP contribution in [-0.4, -0.2) is 30.1 Å². The Balaban J connectivity index is 1.64. The number of nitrogens with two attached hydrogens (primary N) is 1. The lowest BCUT2D eigenvalue weighted by Gasteiger charge is -2.41. The SMILES string of the molecule is NC[C@H]1CC[C@H]1NC(=O)N1CCc2ccccc2[C@@H]1c1ccc(F)cc1. The van der Waals surface area contributed by atoms with Gasteiger partial charge in [-0.05, 0) is 60.5 Å². The molecule has 0 unspecified atom stereocenters. The second kappa shape index (κ2) is 7.08. The van der Waals surface area contributed by atoms with Crippen LogP contribution in [0.4, 0.5) is 9.18 Å². The third-order valence-electron chi connectivity index (χ3n) is 5.76. The normalized spacial score (nSPS) is 24.5. The van der Waals surface area contributed by atoms with Crippen LogP contribution in [0.2, 0.25) is 0 Å². The maximum Gasteiger partial charge on any atom is 0.318 e. The van der Waals surface area contributed by atoms with E-state index in [2.05, 4.69) is 17.4 Å². The van der Waals surface area contributed by atoms with Gasteiger partial charge in [-0.15, -0.1) is 0 Å². The molecule has 1 heterocycles. The summed E-state index contributed by atoms with van der Waals surface area (Å²) in [4.78, 5) is 14.9. The lowest BCUT2D eigenvalue weighted by atomic mass is 9.79. The summed E-state index contributed by atoms with van der Waals surface area (Å²) >= 11 is 0. The molecule has 2 aromatic rings. The molecule has 2 aromatic carbocycles. The topological polar surface area (TPSA) is 58.4 Å². The fraction of sp³-hybridized carbons (Fsp3) is 0.381. The van der Waals surface area contributed by atoms with Crippen LogP contribution in [0, 0.1) is 11.7 Å². The monoisotopic (exact) mass is 353 g/mol. The molecule has 1 fully saturated rings. The maximum atomic E-state index is 13.4. The average Bonchev–Trinajstić information content (AvgIpc) is 2.65. The molecule has 2 amide bonds. The number of urea groups is 1. The van der Waals surface area contributed by atoms with Crippen molar-refractivity contribution in [2.24, 2.45) is 11.7 Å². The fourth-order valence-electron chi connectivity index (χ4n) is 4.07. The number of benzene rings is 2. The Morgan fingerprint density at radius 3 is 2.62 bits per heavy atom. The summed E-state index contributed by atoms with van der Waals surface area (Å²) in [7, 11) is 0. The number of fused-ring (bicyclic) bond motifs is 1. The third kappa shape index (κ3) is 3.07. The van der Waals surface area contributed by atoms with Crippen molar-refractivity contribution < 1.29 is 9.18 Å². The summed E-state index contributed by atoms with van der Waals surface area (Å²) in [6, 6.07) is 14.6. The lowest BCUT2D eigenvalue weighted by molar-refractivity contribution is 0.154. The molecule has 4 nitrogen and oxygen atoms in total. The predicted molar refractivity (Wildman–Crippen MR) is 99.2 cm³/mol. The zero-order chi connectivity index (χ0) is 18.1. The van der Waals surface area contributed by atoms with Crippen LogP contribution in [0.25, 0.3) is 0 Å². The molecule has 0 aromatic heterocycles. The Kier molecular flexibility index (Phi) is 4.64. The van der Waals surface area contributed by atoms with Crippen LogP contribution >= 0.6 is 0 Å². The van der Waals surface area contributed by atoms with Gasteiger partial charge >= 0.3 is 6.03 Å². The summed E-state index contributed by atoms with van der Waals surface area (Å²) in [6.07, 6.45) is 2.89. The molecule has 3 N–H and O–H groups in total. The Morgan fingerprint density at radius 1 is 1.15 bits per heavy atom. The van der Waals surface area contributed by atoms with Gasteiger partial charge in [0.15, 0.2) is 0 Å². The molecule has 0 spiro atoms. The highest BCUT2D eigenvalue weighted by Gasteiger charge is 2.36. The first-order chi connectivity index (χ1) is 12.7. The molecule has 0 saturated heterocycles. The van der Waals surface area contributed by atoms with Crippen LogP contribution in [0.15, 0.2) is 48.5 Å². The van der Waals surface area contributed by atoms with Crippen molar-refractivity contribution >= 4 is 6.03 Å². The van der Waals surface area contributed by atoms with Gasteiger partial charge in [0.25, 0.3) is 0 Å². The number of rotatable bonds is 3. The van der Waals surface area contributed by atoms with E-state index in [1.54, 1.807) is 12.1 Å². The van der Waals surface area contributed by atoms with Gasteiger partial charge in [0.05, 0.1) is 6.04 Å². The standard InChI is InChI=1S/C21H24FN3O/c22-17-8-5-15(6-9-17)20-18-4-2-1-3-14(18)11-12-25(20)21(26)24-19-10-7-16(19)13-23/h1-6,8-9,16,19-20H,7,10-13,23H2,(H,24,26)/t16-,19-,20+/m1/s1. The number of nitrogens with zero attached hydrogens (tertiary/aromatic N) is 1. The molecular formula is C21H24FN3O. The van der Waals surface area contributed by atoms with Gasteiger partial charge < -0.3 is 16.0 Å². The molecule has 1 aliphatic heterocycles. The van der Waals surface area contributed by atoms with Crippen molar-refractivity contribution in [1.29, 1.82) is 0 Å². The van der Waals surface area contributed by atoms with Crippen molar-refractivity contribution in [3.05, 3.63) is 71.0 Å². The number of carbonyl (C=O) groups is 1. The lowest BCUT2D eigenvalue weighted by Crippen LogP contribution is -2.55. The van der Waals surface area contributed by atoms with Crippen LogP contribution in [0.3, 0.4) is 0 Å². The van der Waals surface area contributed by atoms with E-state index in [1.165, 1.54) is 17.7 Å². The number of hydrogen-bond donors (Lipinski definition) is 2. The van der Waals surface area contributed by atoms with E-state index in [0.717, 1.165) is 30.4 Å². The molecule has 2 aliphatic rings. The fourth-order valence-corrected chi connectivity index (χ4v) is 4.07. The Labute approximate surface area is 153 Å². The first-order valence-electron chi connectivity index (χ1n) is 9.28. The number of amides is 2. The molecule has 136 valence electrons. The molecule has 0 radical (unpaired) electrons. The molecule has 4 rings (SSSR count). The highest BCUT2D eigenvalue weighted by atomic mass is 19.1. The first-order valence-corrected chi connectivity index (χ1v) is 9.28. The van der Waals surface area contributed by atoms with Crippen molar-refractivity contribution in [2.75, 3.05) is 13.1 Å². The number of nitrogens with one attached hydrogen (secondary N) is 1. The van der Waals surface area contributed by atoms with E-state index in [9.17, 15) is 9.18 Å². The predicted octanol–water partition coefficient (Wildman–Crippen LogP) is 3.22. The Morgan fingerprint density at radius 2 is 1.92 bits per heavy atom. The van der Waals surface area contributed by atoms with Crippen LogP contribution in [0.5, 0.6) is 0 Å². The van der Waals surface area contributed by atoms with Gasteiger partial charge in [-0.2, -0.15) is 0 Å². The van der Waals surface area contributed by atoms with E-state index >= 15 is 0 Å².